The van der Waals surface area contributed by atoms with Gasteiger partial charge in [-0.25, -0.2) is 4.68 Å². The number of fused-ring (bicyclic) bond motifs is 1. The number of ether oxygens (including phenoxy) is 2. The number of primary amides is 1. The molecule has 0 radical (unpaired) electrons. The molecule has 0 saturated heterocycles. The number of hydrogen-bond acceptors (Lipinski definition) is 7. The number of likely N-dealkylation sites (N-methyl/N-ethyl adjacent to an activating group) is 1. The molecule has 1 aromatic heterocycles. The Balaban J connectivity index is 1.72. The van der Waals surface area contributed by atoms with E-state index in [1.807, 2.05) is 54.9 Å². The minimum absolute atomic E-state index is 0.113. The van der Waals surface area contributed by atoms with Crippen molar-refractivity contribution in [2.24, 2.45) is 11.1 Å². The molecule has 0 unspecified atom stereocenters. The summed E-state index contributed by atoms with van der Waals surface area (Å²) in [6, 6.07) is 10.8. The summed E-state index contributed by atoms with van der Waals surface area (Å²) in [7, 11) is 5.55. The van der Waals surface area contributed by atoms with E-state index in [0.717, 1.165) is 24.3 Å². The van der Waals surface area contributed by atoms with E-state index < -0.39 is 5.91 Å². The molecule has 0 atom stereocenters. The number of aryl methyl sites for hydroxylation is 1. The number of Topliss-reactive ketones (excluding diaryl/α,β-unsaturated/α-hetero) is 1. The van der Waals surface area contributed by atoms with Crippen LogP contribution >= 0.6 is 0 Å². The van der Waals surface area contributed by atoms with Gasteiger partial charge in [-0.1, -0.05) is 13.8 Å². The van der Waals surface area contributed by atoms with Crippen LogP contribution in [0.3, 0.4) is 0 Å². The van der Waals surface area contributed by atoms with Gasteiger partial charge in [-0.3, -0.25) is 9.59 Å². The highest BCUT2D eigenvalue weighted by atomic mass is 16.5. The number of nitrogens with one attached hydrogen (secondary N) is 1. The van der Waals surface area contributed by atoms with Gasteiger partial charge in [-0.15, -0.1) is 0 Å². The first-order chi connectivity index (χ1) is 17.5. The fourth-order valence-corrected chi connectivity index (χ4v) is 4.70. The van der Waals surface area contributed by atoms with Crippen LogP contribution in [0.25, 0.3) is 5.69 Å². The molecule has 0 aliphatic heterocycles. The molecule has 3 aromatic rings. The second-order valence-electron chi connectivity index (χ2n) is 10.5. The lowest BCUT2D eigenvalue weighted by Gasteiger charge is -2.29. The van der Waals surface area contributed by atoms with Gasteiger partial charge in [0.2, 0.25) is 0 Å². The third-order valence-corrected chi connectivity index (χ3v) is 6.47. The number of aromatic nitrogens is 2. The predicted octanol–water partition coefficient (Wildman–Crippen LogP) is 4.13. The minimum atomic E-state index is -0.556. The molecule has 1 aliphatic rings. The molecule has 0 spiro atoms. The zero-order valence-electron chi connectivity index (χ0n) is 22.3. The van der Waals surface area contributed by atoms with Crippen LogP contribution in [0.2, 0.25) is 0 Å². The summed E-state index contributed by atoms with van der Waals surface area (Å²) < 4.78 is 13.2. The summed E-state index contributed by atoms with van der Waals surface area (Å²) in [6.07, 6.45) is 1.22. The maximum Gasteiger partial charge on any atom is 0.250 e. The number of hydrogen-bond donors (Lipinski definition) is 2. The van der Waals surface area contributed by atoms with Gasteiger partial charge in [0.25, 0.3) is 5.91 Å². The van der Waals surface area contributed by atoms with Gasteiger partial charge < -0.3 is 25.4 Å². The van der Waals surface area contributed by atoms with Crippen molar-refractivity contribution in [3.05, 3.63) is 58.9 Å². The number of carbonyl (C=O) groups excluding carboxylic acids is 2. The second kappa shape index (κ2) is 10.3. The number of amides is 1. The van der Waals surface area contributed by atoms with E-state index >= 15 is 0 Å². The van der Waals surface area contributed by atoms with Crippen LogP contribution < -0.4 is 20.5 Å². The van der Waals surface area contributed by atoms with E-state index in [9.17, 15) is 9.59 Å². The van der Waals surface area contributed by atoms with Crippen molar-refractivity contribution in [2.45, 2.75) is 33.6 Å². The van der Waals surface area contributed by atoms with Crippen LogP contribution in [0.15, 0.2) is 36.4 Å². The van der Waals surface area contributed by atoms with Crippen LogP contribution in [-0.2, 0) is 6.42 Å². The Bertz CT molecular complexity index is 1340. The molecule has 0 bridgehead atoms. The van der Waals surface area contributed by atoms with Crippen molar-refractivity contribution >= 4 is 23.1 Å². The lowest BCUT2D eigenvalue weighted by molar-refractivity contribution is 0.0909. The van der Waals surface area contributed by atoms with E-state index in [-0.39, 0.29) is 11.2 Å². The Morgan fingerprint density at radius 1 is 1.16 bits per heavy atom. The van der Waals surface area contributed by atoms with E-state index in [2.05, 4.69) is 19.2 Å². The standard InChI is InChI=1S/C28H35N5O4/c1-17-26-22(15-28(2,3)16-23(26)34)33(31-17)19-8-9-20(27(29)35)21(14-19)30-18-7-10-24(36-6)25(13-18)37-12-11-32(4)5/h7-10,13-14,30H,11-12,15-16H2,1-6H3,(H2,29,35). The number of methoxy groups -OCH3 is 1. The van der Waals surface area contributed by atoms with Crippen molar-refractivity contribution in [1.29, 1.82) is 0 Å². The first-order valence-corrected chi connectivity index (χ1v) is 12.3. The molecule has 0 saturated carbocycles. The first-order valence-electron chi connectivity index (χ1n) is 12.3. The Labute approximate surface area is 217 Å². The average Bonchev–Trinajstić information content (AvgIpc) is 3.14. The number of nitrogens with zero attached hydrogens (tertiary/aromatic N) is 3. The minimum Gasteiger partial charge on any atom is -0.493 e. The summed E-state index contributed by atoms with van der Waals surface area (Å²) >= 11 is 0. The molecular weight excluding hydrogens is 470 g/mol. The van der Waals surface area contributed by atoms with Crippen LogP contribution in [0.1, 0.15) is 52.4 Å². The topological polar surface area (TPSA) is 112 Å². The number of anilines is 2. The Kier molecular flexibility index (Phi) is 7.27. The Morgan fingerprint density at radius 3 is 2.59 bits per heavy atom. The van der Waals surface area contributed by atoms with Crippen LogP contribution in [0, 0.1) is 12.3 Å². The quantitative estimate of drug-likeness (QED) is 0.450. The zero-order chi connectivity index (χ0) is 26.9. The van der Waals surface area contributed by atoms with Crippen LogP contribution in [0.4, 0.5) is 11.4 Å². The zero-order valence-corrected chi connectivity index (χ0v) is 22.3. The summed E-state index contributed by atoms with van der Waals surface area (Å²) in [6.45, 7) is 7.28. The fraction of sp³-hybridized carbons (Fsp3) is 0.393. The SMILES string of the molecule is COc1ccc(Nc2cc(-n3nc(C)c4c3CC(C)(C)CC4=O)ccc2C(N)=O)cc1OCCN(C)C. The monoisotopic (exact) mass is 505 g/mol. The van der Waals surface area contributed by atoms with Crippen molar-refractivity contribution in [3.8, 4) is 17.2 Å². The molecule has 1 heterocycles. The summed E-state index contributed by atoms with van der Waals surface area (Å²) in [5.41, 5.74) is 10.1. The van der Waals surface area contributed by atoms with Crippen molar-refractivity contribution < 1.29 is 19.1 Å². The van der Waals surface area contributed by atoms with Gasteiger partial charge >= 0.3 is 0 Å². The summed E-state index contributed by atoms with van der Waals surface area (Å²) in [5.74, 6) is 0.755. The molecule has 1 amide bonds. The van der Waals surface area contributed by atoms with E-state index in [1.54, 1.807) is 19.2 Å². The van der Waals surface area contributed by atoms with Gasteiger partial charge in [0, 0.05) is 24.7 Å². The molecule has 9 heteroatoms. The molecule has 1 aliphatic carbocycles. The van der Waals surface area contributed by atoms with Gasteiger partial charge in [-0.05, 0) is 63.2 Å². The molecule has 0 fully saturated rings. The lowest BCUT2D eigenvalue weighted by atomic mass is 9.75. The summed E-state index contributed by atoms with van der Waals surface area (Å²) in [5, 5.41) is 8.01. The molecule has 3 N–H and O–H groups in total. The first kappa shape index (κ1) is 26.2. The molecule has 37 heavy (non-hydrogen) atoms. The number of carbonyl (C=O) groups is 2. The lowest BCUT2D eigenvalue weighted by Crippen LogP contribution is -2.28. The molecule has 4 rings (SSSR count). The largest absolute Gasteiger partial charge is 0.493 e. The predicted molar refractivity (Wildman–Crippen MR) is 144 cm³/mol. The second-order valence-corrected chi connectivity index (χ2v) is 10.5. The summed E-state index contributed by atoms with van der Waals surface area (Å²) in [4.78, 5) is 27.2. The van der Waals surface area contributed by atoms with Crippen molar-refractivity contribution in [3.63, 3.8) is 0 Å². The smallest absolute Gasteiger partial charge is 0.250 e. The molecule has 9 nitrogen and oxygen atoms in total. The number of ketones is 1. The molecule has 196 valence electrons. The maximum atomic E-state index is 12.9. The van der Waals surface area contributed by atoms with Gasteiger partial charge in [0.1, 0.15) is 6.61 Å². The maximum absolute atomic E-state index is 12.9. The average molecular weight is 506 g/mol. The molecular formula is C28H35N5O4. The molecule has 2 aromatic carbocycles. The fourth-order valence-electron chi connectivity index (χ4n) is 4.70. The van der Waals surface area contributed by atoms with E-state index in [4.69, 9.17) is 20.3 Å². The normalized spacial score (nSPS) is 14.4. The number of rotatable bonds is 9. The van der Waals surface area contributed by atoms with E-state index in [1.165, 1.54) is 0 Å². The van der Waals surface area contributed by atoms with Gasteiger partial charge in [0.15, 0.2) is 17.3 Å². The van der Waals surface area contributed by atoms with Crippen molar-refractivity contribution in [1.82, 2.24) is 14.7 Å². The van der Waals surface area contributed by atoms with Gasteiger partial charge in [0.05, 0.1) is 41.0 Å². The Morgan fingerprint density at radius 2 is 1.92 bits per heavy atom. The van der Waals surface area contributed by atoms with Crippen LogP contribution in [-0.4, -0.2) is 60.7 Å². The third kappa shape index (κ3) is 5.61. The van der Waals surface area contributed by atoms with Crippen LogP contribution in [0.5, 0.6) is 11.5 Å². The highest BCUT2D eigenvalue weighted by Crippen LogP contribution is 2.38. The highest BCUT2D eigenvalue weighted by molar-refractivity contribution is 6.01. The third-order valence-electron chi connectivity index (χ3n) is 6.47. The number of benzene rings is 2. The van der Waals surface area contributed by atoms with Gasteiger partial charge in [-0.2, -0.15) is 5.10 Å². The number of nitrogens with two attached hydrogens (primary N) is 1. The Hall–Kier alpha value is -3.85. The van der Waals surface area contributed by atoms with E-state index in [0.29, 0.717) is 52.7 Å². The van der Waals surface area contributed by atoms with Crippen molar-refractivity contribution in [2.75, 3.05) is 39.7 Å². The highest BCUT2D eigenvalue weighted by Gasteiger charge is 2.35.